The molecule has 2 aromatic heterocycles. The standard InChI is InChI=1S/C21H33N5O3/c1-4-5-13-25-19-18(20(28)23-21(25)29)26(14-15(2)3)16(22-19)9-10-17(27)24-11-7-6-8-12-24/h15H,4-14H2,1-3H3,(H,23,28,29). The lowest BCUT2D eigenvalue weighted by atomic mass is 10.1. The number of carbonyl (C=O) groups is 1. The van der Waals surface area contributed by atoms with Crippen molar-refractivity contribution >= 4 is 17.1 Å². The van der Waals surface area contributed by atoms with Crippen LogP contribution in [0.5, 0.6) is 0 Å². The third-order valence-electron chi connectivity index (χ3n) is 5.52. The van der Waals surface area contributed by atoms with Crippen molar-refractivity contribution < 1.29 is 4.79 Å². The van der Waals surface area contributed by atoms with Gasteiger partial charge in [0.15, 0.2) is 11.2 Å². The first-order valence-corrected chi connectivity index (χ1v) is 10.9. The van der Waals surface area contributed by atoms with E-state index >= 15 is 0 Å². The minimum Gasteiger partial charge on any atom is -0.343 e. The molecule has 8 nitrogen and oxygen atoms in total. The molecule has 0 bridgehead atoms. The minimum absolute atomic E-state index is 0.144. The number of H-pyrrole nitrogens is 1. The number of nitrogens with one attached hydrogen (secondary N) is 1. The fourth-order valence-corrected chi connectivity index (χ4v) is 4.01. The van der Waals surface area contributed by atoms with E-state index in [-0.39, 0.29) is 5.91 Å². The Hall–Kier alpha value is -2.38. The van der Waals surface area contributed by atoms with E-state index in [2.05, 4.69) is 25.8 Å². The SMILES string of the molecule is CCCCn1c(=O)[nH]c(=O)c2c1nc(CCC(=O)N1CCCCC1)n2CC(C)C. The molecule has 1 N–H and O–H groups in total. The third-order valence-corrected chi connectivity index (χ3v) is 5.52. The summed E-state index contributed by atoms with van der Waals surface area (Å²) in [4.78, 5) is 46.7. The number of unbranched alkanes of at least 4 members (excludes halogenated alkanes) is 1. The summed E-state index contributed by atoms with van der Waals surface area (Å²) in [6, 6.07) is 0. The van der Waals surface area contributed by atoms with Crippen LogP contribution in [0.3, 0.4) is 0 Å². The predicted molar refractivity (Wildman–Crippen MR) is 113 cm³/mol. The van der Waals surface area contributed by atoms with Gasteiger partial charge in [0.25, 0.3) is 5.56 Å². The maximum Gasteiger partial charge on any atom is 0.330 e. The number of nitrogens with zero attached hydrogens (tertiary/aromatic N) is 4. The van der Waals surface area contributed by atoms with E-state index in [4.69, 9.17) is 4.98 Å². The van der Waals surface area contributed by atoms with E-state index in [1.807, 2.05) is 9.47 Å². The molecule has 1 fully saturated rings. The first kappa shape index (κ1) is 21.3. The number of rotatable bonds is 8. The predicted octanol–water partition coefficient (Wildman–Crippen LogP) is 2.29. The molecule has 2 aromatic rings. The number of aromatic amines is 1. The number of aryl methyl sites for hydroxylation is 2. The van der Waals surface area contributed by atoms with Crippen molar-refractivity contribution in [1.29, 1.82) is 0 Å². The number of likely N-dealkylation sites (tertiary alicyclic amines) is 1. The molecule has 1 amide bonds. The molecule has 1 aliphatic heterocycles. The number of imidazole rings is 1. The molecule has 0 aliphatic carbocycles. The van der Waals surface area contributed by atoms with E-state index < -0.39 is 11.2 Å². The van der Waals surface area contributed by atoms with Crippen LogP contribution in [0, 0.1) is 5.92 Å². The molecule has 0 radical (unpaired) electrons. The Morgan fingerprint density at radius 3 is 2.52 bits per heavy atom. The Labute approximate surface area is 170 Å². The molecule has 3 heterocycles. The van der Waals surface area contributed by atoms with Gasteiger partial charge in [0, 0.05) is 39.0 Å². The molecule has 0 saturated carbocycles. The summed E-state index contributed by atoms with van der Waals surface area (Å²) < 4.78 is 3.47. The summed E-state index contributed by atoms with van der Waals surface area (Å²) in [6.45, 7) is 9.02. The van der Waals surface area contributed by atoms with Gasteiger partial charge in [0.2, 0.25) is 5.91 Å². The summed E-state index contributed by atoms with van der Waals surface area (Å²) in [6.07, 6.45) is 5.94. The number of hydrogen-bond acceptors (Lipinski definition) is 4. The van der Waals surface area contributed by atoms with Gasteiger partial charge in [-0.05, 0) is 31.6 Å². The Morgan fingerprint density at radius 1 is 1.14 bits per heavy atom. The van der Waals surface area contributed by atoms with Crippen LogP contribution in [-0.2, 0) is 24.3 Å². The zero-order chi connectivity index (χ0) is 21.0. The van der Waals surface area contributed by atoms with Crippen LogP contribution in [0.2, 0.25) is 0 Å². The topological polar surface area (TPSA) is 93.0 Å². The number of hydrogen-bond donors (Lipinski definition) is 1. The van der Waals surface area contributed by atoms with Crippen LogP contribution < -0.4 is 11.2 Å². The Bertz CT molecular complexity index is 963. The van der Waals surface area contributed by atoms with Crippen molar-refractivity contribution in [2.24, 2.45) is 5.92 Å². The highest BCUT2D eigenvalue weighted by molar-refractivity contribution is 5.77. The van der Waals surface area contributed by atoms with Crippen LogP contribution in [0.25, 0.3) is 11.2 Å². The van der Waals surface area contributed by atoms with E-state index in [1.54, 1.807) is 4.57 Å². The van der Waals surface area contributed by atoms with Crippen LogP contribution in [0.4, 0.5) is 0 Å². The molecule has 8 heteroatoms. The van der Waals surface area contributed by atoms with Gasteiger partial charge in [-0.1, -0.05) is 27.2 Å². The van der Waals surface area contributed by atoms with Gasteiger partial charge >= 0.3 is 5.69 Å². The lowest BCUT2D eigenvalue weighted by Gasteiger charge is -2.26. The fraction of sp³-hybridized carbons (Fsp3) is 0.714. The third kappa shape index (κ3) is 4.79. The molecular formula is C21H33N5O3. The highest BCUT2D eigenvalue weighted by Crippen LogP contribution is 2.17. The van der Waals surface area contributed by atoms with Crippen LogP contribution in [0.15, 0.2) is 9.59 Å². The van der Waals surface area contributed by atoms with E-state index in [1.165, 1.54) is 6.42 Å². The summed E-state index contributed by atoms with van der Waals surface area (Å²) in [5, 5.41) is 0. The van der Waals surface area contributed by atoms with E-state index in [9.17, 15) is 14.4 Å². The average Bonchev–Trinajstić information content (AvgIpc) is 3.04. The summed E-state index contributed by atoms with van der Waals surface area (Å²) in [5.74, 6) is 1.16. The molecule has 29 heavy (non-hydrogen) atoms. The molecule has 0 aromatic carbocycles. The Balaban J connectivity index is 1.96. The normalized spacial score (nSPS) is 14.8. The maximum atomic E-state index is 12.6. The highest BCUT2D eigenvalue weighted by Gasteiger charge is 2.21. The van der Waals surface area contributed by atoms with Gasteiger partial charge in [-0.2, -0.15) is 0 Å². The number of aromatic nitrogens is 4. The molecule has 0 atom stereocenters. The zero-order valence-electron chi connectivity index (χ0n) is 17.9. The van der Waals surface area contributed by atoms with Crippen LogP contribution in [0.1, 0.15) is 65.1 Å². The van der Waals surface area contributed by atoms with Crippen molar-refractivity contribution in [3.63, 3.8) is 0 Å². The van der Waals surface area contributed by atoms with Gasteiger partial charge in [0.1, 0.15) is 5.82 Å². The molecule has 3 rings (SSSR count). The first-order chi connectivity index (χ1) is 13.9. The second kappa shape index (κ2) is 9.41. The van der Waals surface area contributed by atoms with Crippen LogP contribution >= 0.6 is 0 Å². The summed E-state index contributed by atoms with van der Waals surface area (Å²) in [7, 11) is 0. The number of carbonyl (C=O) groups excluding carboxylic acids is 1. The number of amides is 1. The molecule has 0 spiro atoms. The number of fused-ring (bicyclic) bond motifs is 1. The van der Waals surface area contributed by atoms with Gasteiger partial charge in [-0.3, -0.25) is 19.1 Å². The van der Waals surface area contributed by atoms with Gasteiger partial charge < -0.3 is 9.47 Å². The smallest absolute Gasteiger partial charge is 0.330 e. The monoisotopic (exact) mass is 403 g/mol. The van der Waals surface area contributed by atoms with Gasteiger partial charge in [-0.15, -0.1) is 0 Å². The molecule has 0 unspecified atom stereocenters. The number of piperidine rings is 1. The summed E-state index contributed by atoms with van der Waals surface area (Å²) >= 11 is 0. The van der Waals surface area contributed by atoms with E-state index in [0.29, 0.717) is 48.8 Å². The minimum atomic E-state index is -0.416. The van der Waals surface area contributed by atoms with Crippen molar-refractivity contribution in [3.8, 4) is 0 Å². The maximum absolute atomic E-state index is 12.6. The fourth-order valence-electron chi connectivity index (χ4n) is 4.01. The second-order valence-corrected chi connectivity index (χ2v) is 8.41. The average molecular weight is 404 g/mol. The summed E-state index contributed by atoms with van der Waals surface area (Å²) in [5.41, 5.74) is 0.0590. The highest BCUT2D eigenvalue weighted by atomic mass is 16.2. The first-order valence-electron chi connectivity index (χ1n) is 10.9. The quantitative estimate of drug-likeness (QED) is 0.732. The lowest BCUT2D eigenvalue weighted by Crippen LogP contribution is -2.35. The molecule has 1 saturated heterocycles. The zero-order valence-corrected chi connectivity index (χ0v) is 17.9. The van der Waals surface area contributed by atoms with Gasteiger partial charge in [0.05, 0.1) is 0 Å². The van der Waals surface area contributed by atoms with Gasteiger partial charge in [-0.25, -0.2) is 9.78 Å². The molecule has 160 valence electrons. The molecular weight excluding hydrogens is 370 g/mol. The second-order valence-electron chi connectivity index (χ2n) is 8.41. The lowest BCUT2D eigenvalue weighted by molar-refractivity contribution is -0.132. The Kier molecular flexibility index (Phi) is 6.92. The molecule has 1 aliphatic rings. The van der Waals surface area contributed by atoms with E-state index in [0.717, 1.165) is 38.8 Å². The van der Waals surface area contributed by atoms with Crippen molar-refractivity contribution in [2.45, 2.75) is 78.8 Å². The van der Waals surface area contributed by atoms with Crippen LogP contribution in [-0.4, -0.2) is 43.0 Å². The largest absolute Gasteiger partial charge is 0.343 e. The Morgan fingerprint density at radius 2 is 1.86 bits per heavy atom. The van der Waals surface area contributed by atoms with Crippen molar-refractivity contribution in [2.75, 3.05) is 13.1 Å². The van der Waals surface area contributed by atoms with Crippen molar-refractivity contribution in [1.82, 2.24) is 24.0 Å². The van der Waals surface area contributed by atoms with Crippen molar-refractivity contribution in [3.05, 3.63) is 26.7 Å².